The number of nitrogens with zero attached hydrogens (tertiary/aromatic N) is 1. The van der Waals surface area contributed by atoms with Crippen molar-refractivity contribution in [3.8, 4) is 11.5 Å². The molecule has 0 bridgehead atoms. The lowest BCUT2D eigenvalue weighted by Crippen LogP contribution is -2.13. The van der Waals surface area contributed by atoms with Crippen LogP contribution in [0.25, 0.3) is 0 Å². The van der Waals surface area contributed by atoms with Crippen LogP contribution in [0.1, 0.15) is 28.8 Å². The van der Waals surface area contributed by atoms with Gasteiger partial charge in [0.15, 0.2) is 0 Å². The molecule has 1 aromatic heterocycles. The van der Waals surface area contributed by atoms with Crippen LogP contribution in [-0.2, 0) is 19.5 Å². The summed E-state index contributed by atoms with van der Waals surface area (Å²) in [6, 6.07) is 4.20. The molecule has 2 heterocycles. The first-order valence-corrected chi connectivity index (χ1v) is 8.02. The maximum atomic E-state index is 5.82. The molecule has 0 unspecified atom stereocenters. The Morgan fingerprint density at radius 2 is 2.29 bits per heavy atom. The molecule has 1 aliphatic rings. The topological polar surface area (TPSA) is 43.4 Å². The van der Waals surface area contributed by atoms with Crippen LogP contribution in [0.4, 0.5) is 0 Å². The number of aromatic nitrogens is 1. The van der Waals surface area contributed by atoms with Gasteiger partial charge in [-0.15, -0.1) is 11.3 Å². The first kappa shape index (κ1) is 14.4. The third-order valence-corrected chi connectivity index (χ3v) is 4.52. The van der Waals surface area contributed by atoms with E-state index in [1.165, 1.54) is 5.56 Å². The molecule has 0 radical (unpaired) electrons. The second-order valence-electron chi connectivity index (χ2n) is 5.39. The third kappa shape index (κ3) is 3.19. The summed E-state index contributed by atoms with van der Waals surface area (Å²) in [5, 5.41) is 6.60. The second kappa shape index (κ2) is 6.03. The van der Waals surface area contributed by atoms with Gasteiger partial charge in [-0.3, -0.25) is 0 Å². The molecule has 0 aliphatic carbocycles. The van der Waals surface area contributed by atoms with E-state index in [-0.39, 0.29) is 6.10 Å². The summed E-state index contributed by atoms with van der Waals surface area (Å²) in [7, 11) is 1.72. The predicted molar refractivity (Wildman–Crippen MR) is 84.2 cm³/mol. The van der Waals surface area contributed by atoms with Crippen LogP contribution >= 0.6 is 11.3 Å². The number of nitrogens with one attached hydrogen (secondary N) is 1. The molecule has 0 saturated carbocycles. The fraction of sp³-hybridized carbons (Fsp3) is 0.438. The highest BCUT2D eigenvalue weighted by Gasteiger charge is 2.21. The van der Waals surface area contributed by atoms with Crippen molar-refractivity contribution in [2.45, 2.75) is 39.5 Å². The van der Waals surface area contributed by atoms with Crippen LogP contribution in [0.5, 0.6) is 11.5 Å². The van der Waals surface area contributed by atoms with Crippen molar-refractivity contribution in [3.05, 3.63) is 39.3 Å². The summed E-state index contributed by atoms with van der Waals surface area (Å²) in [6.07, 6.45) is 1.21. The maximum absolute atomic E-state index is 5.82. The summed E-state index contributed by atoms with van der Waals surface area (Å²) in [6.45, 7) is 5.63. The number of thiazole rings is 1. The molecule has 21 heavy (non-hydrogen) atoms. The molecule has 1 aromatic carbocycles. The average Bonchev–Trinajstić information content (AvgIpc) is 3.02. The molecule has 4 nitrogen and oxygen atoms in total. The summed E-state index contributed by atoms with van der Waals surface area (Å²) >= 11 is 1.69. The smallest absolute Gasteiger partial charge is 0.123 e. The molecule has 1 N–H and O–H groups in total. The van der Waals surface area contributed by atoms with Gasteiger partial charge in [0.05, 0.1) is 7.11 Å². The number of hydrogen-bond donors (Lipinski definition) is 1. The molecule has 2 aromatic rings. The summed E-state index contributed by atoms with van der Waals surface area (Å²) < 4.78 is 11.3. The predicted octanol–water partition coefficient (Wildman–Crippen LogP) is 3.07. The van der Waals surface area contributed by atoms with Gasteiger partial charge in [-0.25, -0.2) is 4.98 Å². The Kier molecular flexibility index (Phi) is 4.12. The lowest BCUT2D eigenvalue weighted by molar-refractivity contribution is 0.254. The van der Waals surface area contributed by atoms with Crippen molar-refractivity contribution in [2.75, 3.05) is 7.11 Å². The second-order valence-corrected chi connectivity index (χ2v) is 6.33. The molecule has 0 amide bonds. The van der Waals surface area contributed by atoms with Gasteiger partial charge in [-0.2, -0.15) is 0 Å². The molecule has 1 aliphatic heterocycles. The van der Waals surface area contributed by atoms with E-state index in [0.29, 0.717) is 0 Å². The Bertz CT molecular complexity index is 639. The largest absolute Gasteiger partial charge is 0.496 e. The Labute approximate surface area is 129 Å². The number of fused-ring (bicyclic) bond motifs is 1. The fourth-order valence-electron chi connectivity index (χ4n) is 2.60. The van der Waals surface area contributed by atoms with E-state index in [2.05, 4.69) is 34.7 Å². The summed E-state index contributed by atoms with van der Waals surface area (Å²) in [5.74, 6) is 1.92. The quantitative estimate of drug-likeness (QED) is 0.922. The Hall–Kier alpha value is -1.59. The molecular formula is C16H20N2O2S. The van der Waals surface area contributed by atoms with Crippen LogP contribution in [0.3, 0.4) is 0 Å². The fourth-order valence-corrected chi connectivity index (χ4v) is 3.34. The van der Waals surface area contributed by atoms with Crippen LogP contribution in [0.15, 0.2) is 17.5 Å². The summed E-state index contributed by atoms with van der Waals surface area (Å²) in [5.41, 5.74) is 3.44. The van der Waals surface area contributed by atoms with E-state index in [1.54, 1.807) is 18.4 Å². The number of benzene rings is 1. The van der Waals surface area contributed by atoms with E-state index in [4.69, 9.17) is 9.47 Å². The highest BCUT2D eigenvalue weighted by molar-refractivity contribution is 7.09. The zero-order valence-electron chi connectivity index (χ0n) is 12.6. The Morgan fingerprint density at radius 1 is 1.43 bits per heavy atom. The minimum atomic E-state index is 0.256. The molecule has 0 spiro atoms. The van der Waals surface area contributed by atoms with Gasteiger partial charge in [0.25, 0.3) is 0 Å². The van der Waals surface area contributed by atoms with E-state index >= 15 is 0 Å². The van der Waals surface area contributed by atoms with E-state index in [0.717, 1.165) is 47.3 Å². The van der Waals surface area contributed by atoms with Crippen LogP contribution in [-0.4, -0.2) is 18.2 Å². The first-order chi connectivity index (χ1) is 10.2. The lowest BCUT2D eigenvalue weighted by atomic mass is 10.1. The SMILES string of the molecule is COc1cc2c(cc1CNCc1nc(C)cs1)O[C@@H](C)C2. The molecule has 1 atom stereocenters. The summed E-state index contributed by atoms with van der Waals surface area (Å²) in [4.78, 5) is 4.45. The van der Waals surface area contributed by atoms with Crippen molar-refractivity contribution >= 4 is 11.3 Å². The zero-order valence-corrected chi connectivity index (χ0v) is 13.4. The van der Waals surface area contributed by atoms with Crippen molar-refractivity contribution in [3.63, 3.8) is 0 Å². The molecule has 112 valence electrons. The molecular weight excluding hydrogens is 284 g/mol. The highest BCUT2D eigenvalue weighted by atomic mass is 32.1. The lowest BCUT2D eigenvalue weighted by Gasteiger charge is -2.11. The Morgan fingerprint density at radius 3 is 3.00 bits per heavy atom. The zero-order chi connectivity index (χ0) is 14.8. The van der Waals surface area contributed by atoms with Gasteiger partial charge in [-0.05, 0) is 26.0 Å². The molecule has 0 saturated heterocycles. The Balaban J connectivity index is 1.68. The molecule has 0 fully saturated rings. The van der Waals surface area contributed by atoms with E-state index < -0.39 is 0 Å². The van der Waals surface area contributed by atoms with Crippen molar-refractivity contribution in [1.82, 2.24) is 10.3 Å². The number of ether oxygens (including phenoxy) is 2. The number of hydrogen-bond acceptors (Lipinski definition) is 5. The van der Waals surface area contributed by atoms with Crippen LogP contribution in [0.2, 0.25) is 0 Å². The van der Waals surface area contributed by atoms with Crippen LogP contribution in [0, 0.1) is 6.92 Å². The average molecular weight is 304 g/mol. The van der Waals surface area contributed by atoms with Crippen LogP contribution < -0.4 is 14.8 Å². The van der Waals surface area contributed by atoms with E-state index in [9.17, 15) is 0 Å². The van der Waals surface area contributed by atoms with Gasteiger partial charge in [0.2, 0.25) is 0 Å². The number of aryl methyl sites for hydroxylation is 1. The van der Waals surface area contributed by atoms with Gasteiger partial charge < -0.3 is 14.8 Å². The van der Waals surface area contributed by atoms with Gasteiger partial charge >= 0.3 is 0 Å². The van der Waals surface area contributed by atoms with Gasteiger partial charge in [0, 0.05) is 41.7 Å². The van der Waals surface area contributed by atoms with Crippen molar-refractivity contribution in [2.24, 2.45) is 0 Å². The monoisotopic (exact) mass is 304 g/mol. The number of methoxy groups -OCH3 is 1. The standard InChI is InChI=1S/C16H20N2O2S/c1-10-9-21-16(18-10)8-17-7-13-6-15-12(4-11(2)20-15)5-14(13)19-3/h5-6,9,11,17H,4,7-8H2,1-3H3/t11-/m0/s1. The normalized spacial score (nSPS) is 16.6. The number of rotatable bonds is 5. The van der Waals surface area contributed by atoms with Gasteiger partial charge in [-0.1, -0.05) is 0 Å². The third-order valence-electron chi connectivity index (χ3n) is 3.56. The van der Waals surface area contributed by atoms with Gasteiger partial charge in [0.1, 0.15) is 22.6 Å². The molecule has 5 heteroatoms. The highest BCUT2D eigenvalue weighted by Crippen LogP contribution is 2.34. The van der Waals surface area contributed by atoms with E-state index in [1.807, 2.05) is 6.92 Å². The minimum absolute atomic E-state index is 0.256. The molecule has 3 rings (SSSR count). The van der Waals surface area contributed by atoms with Crippen molar-refractivity contribution < 1.29 is 9.47 Å². The first-order valence-electron chi connectivity index (χ1n) is 7.14. The maximum Gasteiger partial charge on any atom is 0.123 e. The minimum Gasteiger partial charge on any atom is -0.496 e. The van der Waals surface area contributed by atoms with Crippen molar-refractivity contribution in [1.29, 1.82) is 0 Å².